The van der Waals surface area contributed by atoms with Crippen molar-refractivity contribution in [2.24, 2.45) is 0 Å². The largest absolute Gasteiger partial charge is 0.466 e. The third-order valence-corrected chi connectivity index (χ3v) is 3.57. The number of hydrogen-bond donors (Lipinski definition) is 1. The predicted octanol–water partition coefficient (Wildman–Crippen LogP) is 0.540. The standard InChI is InChI=1S/C7H13O5P/c1-5-6(2)12-13(9,11-5)4-7(8)10-3/h4-6,9H,1-3H3. The molecule has 0 aromatic rings. The van der Waals surface area contributed by atoms with E-state index in [-0.39, 0.29) is 12.2 Å². The van der Waals surface area contributed by atoms with E-state index in [1.54, 1.807) is 13.8 Å². The maximum Gasteiger partial charge on any atom is 0.337 e. The molecule has 0 radical (unpaired) electrons. The van der Waals surface area contributed by atoms with Gasteiger partial charge in [-0.05, 0) is 13.8 Å². The third-order valence-electron chi connectivity index (χ3n) is 1.77. The van der Waals surface area contributed by atoms with Crippen LogP contribution in [0.3, 0.4) is 0 Å². The molecule has 1 heterocycles. The Kier molecular flexibility index (Phi) is 3.14. The molecule has 13 heavy (non-hydrogen) atoms. The molecule has 5 nitrogen and oxygen atoms in total. The van der Waals surface area contributed by atoms with Gasteiger partial charge < -0.3 is 18.7 Å². The second kappa shape index (κ2) is 3.80. The number of esters is 1. The first-order chi connectivity index (χ1) is 5.97. The van der Waals surface area contributed by atoms with Crippen LogP contribution < -0.4 is 0 Å². The minimum absolute atomic E-state index is 0.209. The Morgan fingerprint density at radius 2 is 1.92 bits per heavy atom. The molecule has 0 aromatic carbocycles. The lowest BCUT2D eigenvalue weighted by atomic mass is 10.3. The Labute approximate surface area is 76.8 Å². The SMILES string of the molecule is COC(=O)C=P1(O)OC(C)C(C)O1. The first kappa shape index (κ1) is 10.7. The van der Waals surface area contributed by atoms with Gasteiger partial charge in [0.25, 0.3) is 7.57 Å². The van der Waals surface area contributed by atoms with Crippen molar-refractivity contribution in [3.05, 3.63) is 0 Å². The summed E-state index contributed by atoms with van der Waals surface area (Å²) in [5.74, 6) is 0.324. The summed E-state index contributed by atoms with van der Waals surface area (Å²) in [7, 11) is -1.87. The maximum absolute atomic E-state index is 10.8. The molecule has 0 aromatic heterocycles. The van der Waals surface area contributed by atoms with Crippen LogP contribution in [0.2, 0.25) is 0 Å². The van der Waals surface area contributed by atoms with E-state index in [0.717, 1.165) is 5.80 Å². The monoisotopic (exact) mass is 208 g/mol. The molecule has 0 aliphatic carbocycles. The van der Waals surface area contributed by atoms with Crippen LogP contribution >= 0.6 is 7.57 Å². The molecule has 0 bridgehead atoms. The number of ether oxygens (including phenoxy) is 1. The van der Waals surface area contributed by atoms with Crippen molar-refractivity contribution in [3.8, 4) is 0 Å². The first-order valence-corrected chi connectivity index (χ1v) is 5.53. The van der Waals surface area contributed by atoms with Crippen LogP contribution in [0.1, 0.15) is 13.8 Å². The Balaban J connectivity index is 2.79. The molecule has 1 aliphatic rings. The van der Waals surface area contributed by atoms with E-state index in [2.05, 4.69) is 4.74 Å². The predicted molar refractivity (Wildman–Crippen MR) is 48.3 cm³/mol. The zero-order valence-electron chi connectivity index (χ0n) is 7.76. The molecule has 1 saturated heterocycles. The Hall–Kier alpha value is -0.350. The van der Waals surface area contributed by atoms with Crippen molar-refractivity contribution in [1.29, 1.82) is 0 Å². The number of carbonyl (C=O) groups excluding carboxylic acids is 1. The summed E-state index contributed by atoms with van der Waals surface area (Å²) in [5, 5.41) is 0. The van der Waals surface area contributed by atoms with Crippen molar-refractivity contribution >= 4 is 19.3 Å². The highest BCUT2D eigenvalue weighted by Gasteiger charge is 2.35. The summed E-state index contributed by atoms with van der Waals surface area (Å²) in [6, 6.07) is 0. The minimum atomic E-state index is -3.10. The molecular formula is C7H13O5P. The highest BCUT2D eigenvalue weighted by molar-refractivity contribution is 7.62. The molecular weight excluding hydrogens is 195 g/mol. The number of carbonyl (C=O) groups is 1. The highest BCUT2D eigenvalue weighted by Crippen LogP contribution is 2.53. The van der Waals surface area contributed by atoms with Gasteiger partial charge >= 0.3 is 5.97 Å². The summed E-state index contributed by atoms with van der Waals surface area (Å²) in [6.07, 6.45) is -0.418. The summed E-state index contributed by atoms with van der Waals surface area (Å²) >= 11 is 0. The Morgan fingerprint density at radius 3 is 2.31 bits per heavy atom. The van der Waals surface area contributed by atoms with Crippen LogP contribution in [0.15, 0.2) is 0 Å². The van der Waals surface area contributed by atoms with Crippen molar-refractivity contribution in [3.63, 3.8) is 0 Å². The number of methoxy groups -OCH3 is 1. The van der Waals surface area contributed by atoms with E-state index in [4.69, 9.17) is 9.05 Å². The van der Waals surface area contributed by atoms with E-state index in [1.165, 1.54) is 7.11 Å². The normalized spacial score (nSPS) is 38.8. The molecule has 1 rings (SSSR count). The fourth-order valence-electron chi connectivity index (χ4n) is 0.919. The fraction of sp³-hybridized carbons (Fsp3) is 0.714. The van der Waals surface area contributed by atoms with Gasteiger partial charge in [-0.1, -0.05) is 0 Å². The molecule has 6 heteroatoms. The first-order valence-electron chi connectivity index (χ1n) is 3.89. The lowest BCUT2D eigenvalue weighted by molar-refractivity contribution is -0.132. The molecule has 2 unspecified atom stereocenters. The molecule has 0 saturated carbocycles. The van der Waals surface area contributed by atoms with Gasteiger partial charge in [0, 0.05) is 0 Å². The molecule has 0 amide bonds. The summed E-state index contributed by atoms with van der Waals surface area (Å²) < 4.78 is 14.6. The lowest BCUT2D eigenvalue weighted by Gasteiger charge is -2.09. The summed E-state index contributed by atoms with van der Waals surface area (Å²) in [4.78, 5) is 20.5. The quantitative estimate of drug-likeness (QED) is 0.503. The Bertz CT molecular complexity index is 248. The van der Waals surface area contributed by atoms with E-state index in [0.29, 0.717) is 0 Å². The molecule has 76 valence electrons. The van der Waals surface area contributed by atoms with Crippen molar-refractivity contribution in [1.82, 2.24) is 0 Å². The van der Waals surface area contributed by atoms with Gasteiger partial charge in [0.05, 0.1) is 25.1 Å². The zero-order chi connectivity index (χ0) is 10.1. The third kappa shape index (κ3) is 2.54. The van der Waals surface area contributed by atoms with Gasteiger partial charge in [-0.3, -0.25) is 0 Å². The van der Waals surface area contributed by atoms with E-state index in [1.807, 2.05) is 0 Å². The zero-order valence-corrected chi connectivity index (χ0v) is 8.65. The number of rotatable bonds is 1. The minimum Gasteiger partial charge on any atom is -0.466 e. The summed E-state index contributed by atoms with van der Waals surface area (Å²) in [5.41, 5.74) is 0. The highest BCUT2D eigenvalue weighted by atomic mass is 31.2. The van der Waals surface area contributed by atoms with Crippen LogP contribution in [0.5, 0.6) is 0 Å². The average molecular weight is 208 g/mol. The van der Waals surface area contributed by atoms with Crippen molar-refractivity contribution < 1.29 is 23.5 Å². The summed E-state index contributed by atoms with van der Waals surface area (Å²) in [6.45, 7) is 3.54. The second-order valence-electron chi connectivity index (χ2n) is 2.84. The number of hydrogen-bond acceptors (Lipinski definition) is 5. The van der Waals surface area contributed by atoms with Gasteiger partial charge in [0.2, 0.25) is 0 Å². The lowest BCUT2D eigenvalue weighted by Crippen LogP contribution is -2.13. The van der Waals surface area contributed by atoms with E-state index in [9.17, 15) is 9.69 Å². The molecule has 1 N–H and O–H groups in total. The van der Waals surface area contributed by atoms with Gasteiger partial charge in [-0.15, -0.1) is 0 Å². The van der Waals surface area contributed by atoms with Crippen LogP contribution in [0.4, 0.5) is 0 Å². The van der Waals surface area contributed by atoms with Crippen molar-refractivity contribution in [2.75, 3.05) is 7.11 Å². The van der Waals surface area contributed by atoms with Crippen molar-refractivity contribution in [2.45, 2.75) is 26.1 Å². The van der Waals surface area contributed by atoms with Gasteiger partial charge in [-0.25, -0.2) is 4.79 Å². The topological polar surface area (TPSA) is 65.0 Å². The van der Waals surface area contributed by atoms with Crippen LogP contribution in [-0.2, 0) is 18.6 Å². The van der Waals surface area contributed by atoms with Gasteiger partial charge in [-0.2, -0.15) is 0 Å². The molecule has 2 atom stereocenters. The second-order valence-corrected chi connectivity index (χ2v) is 4.65. The van der Waals surface area contributed by atoms with E-state index >= 15 is 0 Å². The van der Waals surface area contributed by atoms with Gasteiger partial charge in [0.15, 0.2) is 0 Å². The van der Waals surface area contributed by atoms with Crippen LogP contribution in [-0.4, -0.2) is 36.0 Å². The molecule has 1 fully saturated rings. The Morgan fingerprint density at radius 1 is 1.46 bits per heavy atom. The average Bonchev–Trinajstić information content (AvgIpc) is 2.25. The maximum atomic E-state index is 10.8. The fourth-order valence-corrected chi connectivity index (χ4v) is 2.76. The van der Waals surface area contributed by atoms with Gasteiger partial charge in [0.1, 0.15) is 0 Å². The molecule has 0 spiro atoms. The smallest absolute Gasteiger partial charge is 0.337 e. The van der Waals surface area contributed by atoms with Crippen LogP contribution in [0.25, 0.3) is 0 Å². The molecule has 1 aliphatic heterocycles. The van der Waals surface area contributed by atoms with Crippen LogP contribution in [0, 0.1) is 0 Å². The van der Waals surface area contributed by atoms with E-state index < -0.39 is 13.5 Å².